The van der Waals surface area contributed by atoms with E-state index < -0.39 is 0 Å². The van der Waals surface area contributed by atoms with Crippen molar-refractivity contribution in [2.75, 3.05) is 19.8 Å². The molecule has 2 aliphatic carbocycles. The minimum Gasteiger partial charge on any atom is -0.381 e. The van der Waals surface area contributed by atoms with Crippen LogP contribution in [0.3, 0.4) is 0 Å². The van der Waals surface area contributed by atoms with Crippen LogP contribution in [-0.2, 0) is 4.74 Å². The highest BCUT2D eigenvalue weighted by atomic mass is 16.5. The molecule has 1 heterocycles. The summed E-state index contributed by atoms with van der Waals surface area (Å²) in [6.45, 7) is 3.08. The van der Waals surface area contributed by atoms with E-state index >= 15 is 0 Å². The van der Waals surface area contributed by atoms with Crippen LogP contribution in [0.15, 0.2) is 30.3 Å². The van der Waals surface area contributed by atoms with Gasteiger partial charge in [-0.15, -0.1) is 0 Å². The predicted octanol–water partition coefficient (Wildman–Crippen LogP) is 3.19. The number of fused-ring (bicyclic) bond motifs is 1. The predicted molar refractivity (Wildman–Crippen MR) is 80.7 cm³/mol. The van der Waals surface area contributed by atoms with Gasteiger partial charge in [0.05, 0.1) is 6.61 Å². The number of rotatable bonds is 4. The second kappa shape index (κ2) is 5.50. The van der Waals surface area contributed by atoms with Crippen molar-refractivity contribution >= 4 is 0 Å². The molecule has 0 radical (unpaired) electrons. The van der Waals surface area contributed by atoms with Gasteiger partial charge in [-0.1, -0.05) is 36.8 Å². The standard InChI is InChI=1S/C18H25NO/c1-2-5-14(6-3-1)17-15-7-4-8-16(15)18(17)19-11-13-9-10-20-12-13/h1-3,5-6,13,15-19H,4,7-12H2/t13-,15+,16-,17+,18+/m0/s1. The van der Waals surface area contributed by atoms with E-state index in [2.05, 4.69) is 35.6 Å². The molecule has 0 bridgehead atoms. The monoisotopic (exact) mass is 271 g/mol. The van der Waals surface area contributed by atoms with Gasteiger partial charge in [0.25, 0.3) is 0 Å². The molecule has 108 valence electrons. The van der Waals surface area contributed by atoms with E-state index in [0.29, 0.717) is 6.04 Å². The Morgan fingerprint density at radius 1 is 1.05 bits per heavy atom. The number of benzene rings is 1. The number of hydrogen-bond donors (Lipinski definition) is 1. The van der Waals surface area contributed by atoms with Crippen LogP contribution >= 0.6 is 0 Å². The van der Waals surface area contributed by atoms with Crippen LogP contribution in [-0.4, -0.2) is 25.8 Å². The molecule has 1 aromatic rings. The quantitative estimate of drug-likeness (QED) is 0.908. The van der Waals surface area contributed by atoms with Crippen LogP contribution in [0.4, 0.5) is 0 Å². The van der Waals surface area contributed by atoms with Gasteiger partial charge < -0.3 is 10.1 Å². The Morgan fingerprint density at radius 3 is 2.70 bits per heavy atom. The van der Waals surface area contributed by atoms with Crippen molar-refractivity contribution in [3.63, 3.8) is 0 Å². The molecular weight excluding hydrogens is 246 g/mol. The molecule has 0 unspecified atom stereocenters. The summed E-state index contributed by atoms with van der Waals surface area (Å²) in [5.74, 6) is 3.37. The second-order valence-electron chi connectivity index (χ2n) is 6.86. The Bertz CT molecular complexity index is 440. The van der Waals surface area contributed by atoms with Crippen LogP contribution in [0.5, 0.6) is 0 Å². The van der Waals surface area contributed by atoms with E-state index in [1.165, 1.54) is 25.7 Å². The van der Waals surface area contributed by atoms with E-state index in [-0.39, 0.29) is 0 Å². The van der Waals surface area contributed by atoms with Crippen molar-refractivity contribution in [2.45, 2.75) is 37.6 Å². The summed E-state index contributed by atoms with van der Waals surface area (Å²) in [5.41, 5.74) is 1.55. The van der Waals surface area contributed by atoms with Crippen LogP contribution in [0.1, 0.15) is 37.2 Å². The number of hydrogen-bond acceptors (Lipinski definition) is 2. The minimum atomic E-state index is 0.713. The van der Waals surface area contributed by atoms with Gasteiger partial charge in [-0.3, -0.25) is 0 Å². The fourth-order valence-corrected chi connectivity index (χ4v) is 4.75. The molecule has 5 atom stereocenters. The maximum Gasteiger partial charge on any atom is 0.0507 e. The molecule has 1 N–H and O–H groups in total. The largest absolute Gasteiger partial charge is 0.381 e. The third-order valence-corrected chi connectivity index (χ3v) is 5.78. The normalized spacial score (nSPS) is 39.5. The zero-order chi connectivity index (χ0) is 13.4. The minimum absolute atomic E-state index is 0.713. The summed E-state index contributed by atoms with van der Waals surface area (Å²) in [6.07, 6.45) is 5.55. The SMILES string of the molecule is c1ccc([C@@H]2[C@@H]3CCC[C@@H]3[C@H]2NC[C@@H]2CCOC2)cc1. The molecule has 0 amide bonds. The highest BCUT2D eigenvalue weighted by molar-refractivity contribution is 5.28. The zero-order valence-electron chi connectivity index (χ0n) is 12.1. The molecule has 2 saturated carbocycles. The summed E-state index contributed by atoms with van der Waals surface area (Å²) < 4.78 is 5.50. The van der Waals surface area contributed by atoms with Gasteiger partial charge in [0.1, 0.15) is 0 Å². The summed E-state index contributed by atoms with van der Waals surface area (Å²) in [6, 6.07) is 11.9. The molecule has 1 aliphatic heterocycles. The lowest BCUT2D eigenvalue weighted by atomic mass is 9.59. The van der Waals surface area contributed by atoms with Crippen molar-refractivity contribution in [1.29, 1.82) is 0 Å². The van der Waals surface area contributed by atoms with Crippen LogP contribution in [0.2, 0.25) is 0 Å². The molecule has 4 rings (SSSR count). The van der Waals surface area contributed by atoms with Gasteiger partial charge in [-0.2, -0.15) is 0 Å². The Balaban J connectivity index is 1.45. The summed E-state index contributed by atoms with van der Waals surface area (Å²) in [7, 11) is 0. The van der Waals surface area contributed by atoms with Gasteiger partial charge in [0.15, 0.2) is 0 Å². The highest BCUT2D eigenvalue weighted by Crippen LogP contribution is 2.55. The first-order chi connectivity index (χ1) is 9.93. The van der Waals surface area contributed by atoms with Gasteiger partial charge in [0, 0.05) is 25.1 Å². The molecule has 0 spiro atoms. The number of ether oxygens (including phenoxy) is 1. The Hall–Kier alpha value is -0.860. The zero-order valence-corrected chi connectivity index (χ0v) is 12.1. The molecule has 20 heavy (non-hydrogen) atoms. The van der Waals surface area contributed by atoms with E-state index in [0.717, 1.165) is 43.4 Å². The Labute approximate surface area is 121 Å². The van der Waals surface area contributed by atoms with Crippen LogP contribution in [0.25, 0.3) is 0 Å². The molecule has 2 nitrogen and oxygen atoms in total. The van der Waals surface area contributed by atoms with Crippen LogP contribution in [0, 0.1) is 17.8 Å². The Morgan fingerprint density at radius 2 is 1.90 bits per heavy atom. The first kappa shape index (κ1) is 12.8. The lowest BCUT2D eigenvalue weighted by Crippen LogP contribution is -2.55. The summed E-state index contributed by atoms with van der Waals surface area (Å²) in [4.78, 5) is 0. The maximum absolute atomic E-state index is 5.50. The molecule has 3 fully saturated rings. The van der Waals surface area contributed by atoms with Gasteiger partial charge in [-0.25, -0.2) is 0 Å². The molecule has 1 aromatic carbocycles. The molecule has 2 heteroatoms. The van der Waals surface area contributed by atoms with Crippen molar-refractivity contribution in [2.24, 2.45) is 17.8 Å². The molecular formula is C18H25NO. The first-order valence-corrected chi connectivity index (χ1v) is 8.29. The lowest BCUT2D eigenvalue weighted by molar-refractivity contribution is 0.0902. The van der Waals surface area contributed by atoms with Crippen LogP contribution < -0.4 is 5.32 Å². The summed E-state index contributed by atoms with van der Waals surface area (Å²) >= 11 is 0. The number of nitrogens with one attached hydrogen (secondary N) is 1. The fraction of sp³-hybridized carbons (Fsp3) is 0.667. The van der Waals surface area contributed by atoms with Gasteiger partial charge >= 0.3 is 0 Å². The molecule has 3 aliphatic rings. The van der Waals surface area contributed by atoms with Crippen molar-refractivity contribution < 1.29 is 4.74 Å². The lowest BCUT2D eigenvalue weighted by Gasteiger charge is -2.50. The van der Waals surface area contributed by atoms with E-state index in [4.69, 9.17) is 4.74 Å². The smallest absolute Gasteiger partial charge is 0.0507 e. The summed E-state index contributed by atoms with van der Waals surface area (Å²) in [5, 5.41) is 3.90. The average molecular weight is 271 g/mol. The third-order valence-electron chi connectivity index (χ3n) is 5.78. The van der Waals surface area contributed by atoms with E-state index in [1.807, 2.05) is 0 Å². The van der Waals surface area contributed by atoms with Crippen molar-refractivity contribution in [3.05, 3.63) is 35.9 Å². The average Bonchev–Trinajstić information content (AvgIpc) is 3.11. The first-order valence-electron chi connectivity index (χ1n) is 8.29. The molecule has 1 saturated heterocycles. The topological polar surface area (TPSA) is 21.3 Å². The highest BCUT2D eigenvalue weighted by Gasteiger charge is 2.52. The van der Waals surface area contributed by atoms with E-state index in [9.17, 15) is 0 Å². The van der Waals surface area contributed by atoms with E-state index in [1.54, 1.807) is 5.56 Å². The van der Waals surface area contributed by atoms with Crippen molar-refractivity contribution in [1.82, 2.24) is 5.32 Å². The Kier molecular flexibility index (Phi) is 3.53. The van der Waals surface area contributed by atoms with Crippen molar-refractivity contribution in [3.8, 4) is 0 Å². The third kappa shape index (κ3) is 2.19. The van der Waals surface area contributed by atoms with Gasteiger partial charge in [-0.05, 0) is 42.6 Å². The van der Waals surface area contributed by atoms with Gasteiger partial charge in [0.2, 0.25) is 0 Å². The molecule has 0 aromatic heterocycles. The fourth-order valence-electron chi connectivity index (χ4n) is 4.75. The maximum atomic E-state index is 5.50. The second-order valence-corrected chi connectivity index (χ2v) is 6.86.